The fraction of sp³-hybridized carbons (Fsp3) is 0.933. The van der Waals surface area contributed by atoms with E-state index in [2.05, 4.69) is 4.72 Å². The fourth-order valence-electron chi connectivity index (χ4n) is 1.89. The minimum absolute atomic E-state index is 0.00275. The average molecular weight is 359 g/mol. The molecule has 0 aromatic carbocycles. The molecule has 0 aromatic heterocycles. The molecule has 138 valence electrons. The smallest absolute Gasteiger partial charge is 0.405 e. The molecule has 0 amide bonds. The van der Waals surface area contributed by atoms with Gasteiger partial charge < -0.3 is 4.74 Å². The minimum Gasteiger partial charge on any atom is -0.466 e. The summed E-state index contributed by atoms with van der Waals surface area (Å²) in [5, 5.41) is 0. The van der Waals surface area contributed by atoms with Gasteiger partial charge in [0, 0.05) is 0 Å². The molecule has 1 unspecified atom stereocenters. The van der Waals surface area contributed by atoms with Crippen LogP contribution in [-0.4, -0.2) is 33.8 Å². The van der Waals surface area contributed by atoms with Crippen LogP contribution in [0.2, 0.25) is 0 Å². The van der Waals surface area contributed by atoms with Crippen LogP contribution in [0.3, 0.4) is 0 Å². The molecule has 0 aromatic rings. The van der Waals surface area contributed by atoms with Crippen LogP contribution in [-0.2, 0) is 20.5 Å². The van der Waals surface area contributed by atoms with E-state index in [4.69, 9.17) is 4.74 Å². The molecule has 0 rings (SSSR count). The van der Waals surface area contributed by atoms with Gasteiger partial charge in [0.25, 0.3) is 0 Å². The van der Waals surface area contributed by atoms with Crippen molar-refractivity contribution < 1.29 is 26.9 Å². The number of carbonyl (C=O) groups is 1. The molecule has 23 heavy (non-hydrogen) atoms. The first-order valence-electron chi connectivity index (χ1n) is 7.75. The summed E-state index contributed by atoms with van der Waals surface area (Å²) in [5.41, 5.74) is 0. The molecule has 0 aliphatic rings. The Kier molecular flexibility index (Phi) is 8.76. The van der Waals surface area contributed by atoms with Crippen molar-refractivity contribution in [1.82, 2.24) is 4.72 Å². The maximum Gasteiger partial charge on any atom is 0.405 e. The Hall–Kier alpha value is -0.630. The zero-order valence-electron chi connectivity index (χ0n) is 14.6. The summed E-state index contributed by atoms with van der Waals surface area (Å²) in [6, 6.07) is -2.20. The van der Waals surface area contributed by atoms with E-state index in [1.165, 1.54) is 0 Å². The highest BCUT2D eigenvalue weighted by Crippen LogP contribution is 2.32. The van der Waals surface area contributed by atoms with Gasteiger partial charge in [0.05, 0.1) is 28.3 Å². The van der Waals surface area contributed by atoms with E-state index in [0.29, 0.717) is 6.42 Å². The lowest BCUT2D eigenvalue weighted by atomic mass is 9.88. The lowest BCUT2D eigenvalue weighted by Gasteiger charge is -2.31. The number of esters is 1. The maximum absolute atomic E-state index is 13.5. The van der Waals surface area contributed by atoms with Crippen LogP contribution in [0.15, 0.2) is 0 Å². The van der Waals surface area contributed by atoms with Gasteiger partial charge in [0.15, 0.2) is 0 Å². The van der Waals surface area contributed by atoms with E-state index in [1.54, 1.807) is 34.6 Å². The Morgan fingerprint density at radius 3 is 2.09 bits per heavy atom. The van der Waals surface area contributed by atoms with Crippen LogP contribution in [0.1, 0.15) is 54.4 Å². The van der Waals surface area contributed by atoms with Crippen molar-refractivity contribution in [1.29, 1.82) is 0 Å². The van der Waals surface area contributed by atoms with Crippen LogP contribution < -0.4 is 4.72 Å². The summed E-state index contributed by atoms with van der Waals surface area (Å²) in [5.74, 6) is -2.41. The predicted octanol–water partition coefficient (Wildman–Crippen LogP) is 3.58. The highest BCUT2D eigenvalue weighted by Gasteiger charge is 2.49. The van der Waals surface area contributed by atoms with Gasteiger partial charge in [-0.2, -0.15) is 13.2 Å². The Labute approximate surface area is 139 Å². The topological polar surface area (TPSA) is 55.4 Å². The normalized spacial score (nSPS) is 18.1. The van der Waals surface area contributed by atoms with Crippen LogP contribution >= 0.6 is 0 Å². The summed E-state index contributed by atoms with van der Waals surface area (Å²) in [6.45, 7) is 9.87. The molecule has 8 heteroatoms. The average Bonchev–Trinajstić information content (AvgIpc) is 2.39. The summed E-state index contributed by atoms with van der Waals surface area (Å²) >= 11 is 0. The fourth-order valence-corrected chi connectivity index (χ4v) is 2.77. The van der Waals surface area contributed by atoms with Gasteiger partial charge in [0.2, 0.25) is 0 Å². The van der Waals surface area contributed by atoms with Crippen molar-refractivity contribution in [3.05, 3.63) is 0 Å². The molecular formula is C15H28F3NO3S. The molecule has 0 spiro atoms. The molecule has 4 nitrogen and oxygen atoms in total. The van der Waals surface area contributed by atoms with Crippen LogP contribution in [0.4, 0.5) is 13.2 Å². The molecule has 0 aliphatic carbocycles. The quantitative estimate of drug-likeness (QED) is 0.674. The monoisotopic (exact) mass is 359 g/mol. The Balaban J connectivity index is 5.55. The van der Waals surface area contributed by atoms with Gasteiger partial charge in [0.1, 0.15) is 6.04 Å². The van der Waals surface area contributed by atoms with Crippen molar-refractivity contribution in [2.75, 3.05) is 6.61 Å². The van der Waals surface area contributed by atoms with Crippen molar-refractivity contribution in [3.63, 3.8) is 0 Å². The summed E-state index contributed by atoms with van der Waals surface area (Å²) in [7, 11) is -1.95. The van der Waals surface area contributed by atoms with E-state index in [1.807, 2.05) is 6.92 Å². The maximum atomic E-state index is 13.5. The van der Waals surface area contributed by atoms with Gasteiger partial charge in [-0.3, -0.25) is 4.79 Å². The highest BCUT2D eigenvalue weighted by atomic mass is 32.2. The minimum atomic E-state index is -4.70. The second-order valence-electron chi connectivity index (χ2n) is 6.63. The van der Waals surface area contributed by atoms with Crippen molar-refractivity contribution in [2.45, 2.75) is 71.3 Å². The summed E-state index contributed by atoms with van der Waals surface area (Å²) in [4.78, 5) is 12.1. The number of hydrogen-bond acceptors (Lipinski definition) is 3. The number of carbonyl (C=O) groups excluding carboxylic acids is 1. The molecule has 0 radical (unpaired) electrons. The number of hydrogen-bond donors (Lipinski definition) is 1. The Morgan fingerprint density at radius 2 is 1.74 bits per heavy atom. The summed E-state index contributed by atoms with van der Waals surface area (Å²) in [6.07, 6.45) is -4.04. The van der Waals surface area contributed by atoms with E-state index in [0.717, 1.165) is 0 Å². The second-order valence-corrected chi connectivity index (χ2v) is 8.62. The lowest BCUT2D eigenvalue weighted by Crippen LogP contribution is -2.54. The lowest BCUT2D eigenvalue weighted by molar-refractivity contribution is -0.180. The van der Waals surface area contributed by atoms with Crippen molar-refractivity contribution in [2.24, 2.45) is 11.8 Å². The van der Waals surface area contributed by atoms with E-state index in [-0.39, 0.29) is 18.9 Å². The van der Waals surface area contributed by atoms with Gasteiger partial charge in [-0.05, 0) is 40.0 Å². The SMILES string of the molecule is CCOC(=O)[C@@H](CC(C)CC)[C@H](N[S@@](=O)C(C)(C)C)C(F)(F)F. The number of alkyl halides is 3. The number of nitrogens with one attached hydrogen (secondary N) is 1. The third-order valence-corrected chi connectivity index (χ3v) is 5.07. The third kappa shape index (κ3) is 7.65. The zero-order chi connectivity index (χ0) is 18.4. The Morgan fingerprint density at radius 1 is 1.22 bits per heavy atom. The Bertz CT molecular complexity index is 408. The predicted molar refractivity (Wildman–Crippen MR) is 85.1 cm³/mol. The van der Waals surface area contributed by atoms with Gasteiger partial charge in [-0.15, -0.1) is 0 Å². The van der Waals surface area contributed by atoms with Crippen molar-refractivity contribution >= 4 is 17.0 Å². The number of ether oxygens (including phenoxy) is 1. The van der Waals surface area contributed by atoms with Crippen LogP contribution in [0.25, 0.3) is 0 Å². The van der Waals surface area contributed by atoms with E-state index < -0.39 is 39.8 Å². The van der Waals surface area contributed by atoms with Crippen LogP contribution in [0, 0.1) is 11.8 Å². The molecule has 0 bridgehead atoms. The van der Waals surface area contributed by atoms with Crippen molar-refractivity contribution in [3.8, 4) is 0 Å². The zero-order valence-corrected chi connectivity index (χ0v) is 15.4. The first kappa shape index (κ1) is 22.4. The van der Waals surface area contributed by atoms with Gasteiger partial charge in [-0.1, -0.05) is 20.3 Å². The molecule has 4 atom stereocenters. The number of halogens is 3. The van der Waals surface area contributed by atoms with E-state index in [9.17, 15) is 22.2 Å². The van der Waals surface area contributed by atoms with E-state index >= 15 is 0 Å². The first-order valence-corrected chi connectivity index (χ1v) is 8.90. The summed E-state index contributed by atoms with van der Waals surface area (Å²) < 4.78 is 58.6. The third-order valence-electron chi connectivity index (χ3n) is 3.49. The molecular weight excluding hydrogens is 331 g/mol. The van der Waals surface area contributed by atoms with Gasteiger partial charge >= 0.3 is 12.1 Å². The first-order chi connectivity index (χ1) is 10.3. The molecule has 0 fully saturated rings. The second kappa shape index (κ2) is 9.01. The molecule has 0 heterocycles. The molecule has 1 N–H and O–H groups in total. The molecule has 0 aliphatic heterocycles. The molecule has 0 saturated carbocycles. The van der Waals surface area contributed by atoms with Gasteiger partial charge in [-0.25, -0.2) is 8.93 Å². The van der Waals surface area contributed by atoms with Crippen LogP contribution in [0.5, 0.6) is 0 Å². The number of rotatable bonds is 8. The standard InChI is InChI=1S/C15H28F3NO3S/c1-7-10(3)9-11(13(20)22-8-2)12(15(16,17)18)19-23(21)14(4,5)6/h10-12,19H,7-9H2,1-6H3/t10?,11-,12-,23-/m0/s1. The molecule has 0 saturated heterocycles. The largest absolute Gasteiger partial charge is 0.466 e. The highest BCUT2D eigenvalue weighted by molar-refractivity contribution is 7.84.